The lowest BCUT2D eigenvalue weighted by Crippen LogP contribution is -2.14. The average Bonchev–Trinajstić information content (AvgIpc) is 3.20. The van der Waals surface area contributed by atoms with E-state index < -0.39 is 9.84 Å². The van der Waals surface area contributed by atoms with Gasteiger partial charge < -0.3 is 9.84 Å². The number of hydrogen-bond acceptors (Lipinski definition) is 6. The Balaban J connectivity index is 1.91. The molecule has 3 aromatic rings. The molecule has 2 aromatic carbocycles. The number of aryl methyl sites for hydroxylation is 1. The van der Waals surface area contributed by atoms with Crippen molar-refractivity contribution < 1.29 is 17.7 Å². The molecule has 7 nitrogen and oxygen atoms in total. The molecule has 0 unspecified atom stereocenters. The molecule has 1 N–H and O–H groups in total. The maximum atomic E-state index is 12.8. The SMILES string of the molecule is CCS(=O)(=O)c1ccc(C(=O)Nc2c(C)cccc2-c2nc(C(C)C)no2)cc1. The minimum absolute atomic E-state index is 0.00760. The molecule has 0 spiro atoms. The Morgan fingerprint density at radius 2 is 1.83 bits per heavy atom. The second kappa shape index (κ2) is 8.16. The number of nitrogens with one attached hydrogen (secondary N) is 1. The van der Waals surface area contributed by atoms with Crippen LogP contribution in [0.3, 0.4) is 0 Å². The van der Waals surface area contributed by atoms with Gasteiger partial charge in [-0.1, -0.05) is 38.1 Å². The largest absolute Gasteiger partial charge is 0.334 e. The average molecular weight is 413 g/mol. The Kier molecular flexibility index (Phi) is 5.83. The summed E-state index contributed by atoms with van der Waals surface area (Å²) >= 11 is 0. The third-order valence-corrected chi connectivity index (χ3v) is 6.31. The Labute approximate surface area is 170 Å². The molecule has 0 saturated carbocycles. The van der Waals surface area contributed by atoms with Gasteiger partial charge in [0.2, 0.25) is 0 Å². The molecule has 0 aliphatic heterocycles. The minimum atomic E-state index is -3.31. The number of hydrogen-bond donors (Lipinski definition) is 1. The number of carbonyl (C=O) groups excluding carboxylic acids is 1. The van der Waals surface area contributed by atoms with Gasteiger partial charge in [0.25, 0.3) is 11.8 Å². The van der Waals surface area contributed by atoms with Crippen LogP contribution in [0.4, 0.5) is 5.69 Å². The van der Waals surface area contributed by atoms with E-state index in [1.54, 1.807) is 13.0 Å². The molecule has 29 heavy (non-hydrogen) atoms. The molecule has 1 aromatic heterocycles. The number of aromatic nitrogens is 2. The first kappa shape index (κ1) is 20.7. The van der Waals surface area contributed by atoms with E-state index in [1.807, 2.05) is 32.9 Å². The van der Waals surface area contributed by atoms with Crippen molar-refractivity contribution in [2.45, 2.75) is 38.5 Å². The predicted octanol–water partition coefficient (Wildman–Crippen LogP) is 4.21. The van der Waals surface area contributed by atoms with Gasteiger partial charge >= 0.3 is 0 Å². The molecule has 0 aliphatic carbocycles. The van der Waals surface area contributed by atoms with Crippen LogP contribution < -0.4 is 5.32 Å². The molecule has 0 fully saturated rings. The Morgan fingerprint density at radius 3 is 2.41 bits per heavy atom. The zero-order valence-electron chi connectivity index (χ0n) is 16.8. The van der Waals surface area contributed by atoms with E-state index in [1.165, 1.54) is 24.3 Å². The van der Waals surface area contributed by atoms with Gasteiger partial charge in [-0.05, 0) is 42.8 Å². The lowest BCUT2D eigenvalue weighted by Gasteiger charge is -2.12. The number of anilines is 1. The summed E-state index contributed by atoms with van der Waals surface area (Å²) in [7, 11) is -3.31. The van der Waals surface area contributed by atoms with Crippen LogP contribution in [0.25, 0.3) is 11.5 Å². The monoisotopic (exact) mass is 413 g/mol. The third-order valence-electron chi connectivity index (χ3n) is 4.56. The molecule has 0 bridgehead atoms. The predicted molar refractivity (Wildman–Crippen MR) is 111 cm³/mol. The maximum absolute atomic E-state index is 12.8. The highest BCUT2D eigenvalue weighted by Gasteiger charge is 2.19. The van der Waals surface area contributed by atoms with Gasteiger partial charge in [0.1, 0.15) is 0 Å². The summed E-state index contributed by atoms with van der Waals surface area (Å²) in [5.41, 5.74) is 2.39. The van der Waals surface area contributed by atoms with E-state index in [4.69, 9.17) is 4.52 Å². The van der Waals surface area contributed by atoms with Crippen LogP contribution in [0.15, 0.2) is 51.9 Å². The van der Waals surface area contributed by atoms with Crippen LogP contribution in [-0.2, 0) is 9.84 Å². The van der Waals surface area contributed by atoms with Crippen LogP contribution in [0.5, 0.6) is 0 Å². The number of para-hydroxylation sites is 1. The van der Waals surface area contributed by atoms with E-state index in [0.717, 1.165) is 5.56 Å². The maximum Gasteiger partial charge on any atom is 0.260 e. The molecule has 0 radical (unpaired) electrons. The van der Waals surface area contributed by atoms with Crippen molar-refractivity contribution in [1.82, 2.24) is 10.1 Å². The number of amides is 1. The third kappa shape index (κ3) is 4.37. The van der Waals surface area contributed by atoms with Gasteiger partial charge in [-0.15, -0.1) is 0 Å². The van der Waals surface area contributed by atoms with Crippen molar-refractivity contribution in [3.63, 3.8) is 0 Å². The molecule has 0 aliphatic rings. The van der Waals surface area contributed by atoms with Crippen molar-refractivity contribution in [3.05, 3.63) is 59.4 Å². The number of rotatable bonds is 6. The molecule has 152 valence electrons. The zero-order valence-corrected chi connectivity index (χ0v) is 17.6. The number of sulfone groups is 1. The van der Waals surface area contributed by atoms with Crippen LogP contribution in [0, 0.1) is 6.92 Å². The number of carbonyl (C=O) groups is 1. The van der Waals surface area contributed by atoms with Crippen molar-refractivity contribution in [1.29, 1.82) is 0 Å². The summed E-state index contributed by atoms with van der Waals surface area (Å²) < 4.78 is 29.3. The fraction of sp³-hybridized carbons (Fsp3) is 0.286. The van der Waals surface area contributed by atoms with E-state index in [-0.39, 0.29) is 22.5 Å². The summed E-state index contributed by atoms with van der Waals surface area (Å²) in [6, 6.07) is 11.4. The lowest BCUT2D eigenvalue weighted by molar-refractivity contribution is 0.102. The van der Waals surface area contributed by atoms with Crippen molar-refractivity contribution in [2.75, 3.05) is 11.1 Å². The van der Waals surface area contributed by atoms with Crippen molar-refractivity contribution >= 4 is 21.4 Å². The molecular formula is C21H23N3O4S. The fourth-order valence-electron chi connectivity index (χ4n) is 2.76. The molecule has 0 saturated heterocycles. The molecule has 1 amide bonds. The lowest BCUT2D eigenvalue weighted by atomic mass is 10.1. The van der Waals surface area contributed by atoms with Crippen LogP contribution in [-0.4, -0.2) is 30.2 Å². The van der Waals surface area contributed by atoms with Gasteiger partial charge in [-0.2, -0.15) is 4.98 Å². The first-order valence-corrected chi connectivity index (χ1v) is 11.0. The van der Waals surface area contributed by atoms with Gasteiger partial charge in [0.05, 0.1) is 21.9 Å². The Hall–Kier alpha value is -3.00. The molecular weight excluding hydrogens is 390 g/mol. The first-order valence-electron chi connectivity index (χ1n) is 9.30. The second-order valence-corrected chi connectivity index (χ2v) is 9.27. The standard InChI is InChI=1S/C21H23N3O4S/c1-5-29(26,27)16-11-9-15(10-12-16)20(25)22-18-14(4)7-6-8-17(18)21-23-19(13(2)3)24-28-21/h6-13H,5H2,1-4H3,(H,22,25). The highest BCUT2D eigenvalue weighted by molar-refractivity contribution is 7.91. The Morgan fingerprint density at radius 1 is 1.14 bits per heavy atom. The molecule has 1 heterocycles. The van der Waals surface area contributed by atoms with E-state index in [9.17, 15) is 13.2 Å². The number of nitrogens with zero attached hydrogens (tertiary/aromatic N) is 2. The Bertz CT molecular complexity index is 1130. The van der Waals surface area contributed by atoms with Gasteiger partial charge in [-0.25, -0.2) is 8.42 Å². The second-order valence-electron chi connectivity index (χ2n) is 6.99. The summed E-state index contributed by atoms with van der Waals surface area (Å²) in [5, 5.41) is 6.87. The molecule has 8 heteroatoms. The fourth-order valence-corrected chi connectivity index (χ4v) is 3.64. The first-order chi connectivity index (χ1) is 13.7. The minimum Gasteiger partial charge on any atom is -0.334 e. The van der Waals surface area contributed by atoms with E-state index in [0.29, 0.717) is 28.5 Å². The van der Waals surface area contributed by atoms with Crippen LogP contribution in [0.2, 0.25) is 0 Å². The van der Waals surface area contributed by atoms with Gasteiger partial charge in [0.15, 0.2) is 15.7 Å². The highest BCUT2D eigenvalue weighted by Crippen LogP contribution is 2.31. The van der Waals surface area contributed by atoms with Crippen LogP contribution >= 0.6 is 0 Å². The van der Waals surface area contributed by atoms with Crippen molar-refractivity contribution in [2.24, 2.45) is 0 Å². The molecule has 0 atom stereocenters. The van der Waals surface area contributed by atoms with E-state index >= 15 is 0 Å². The van der Waals surface area contributed by atoms with Crippen molar-refractivity contribution in [3.8, 4) is 11.5 Å². The number of benzene rings is 2. The van der Waals surface area contributed by atoms with E-state index in [2.05, 4.69) is 15.5 Å². The van der Waals surface area contributed by atoms with Crippen LogP contribution in [0.1, 0.15) is 48.4 Å². The molecule has 3 rings (SSSR count). The zero-order chi connectivity index (χ0) is 21.2. The highest BCUT2D eigenvalue weighted by atomic mass is 32.2. The summed E-state index contributed by atoms with van der Waals surface area (Å²) in [6.07, 6.45) is 0. The summed E-state index contributed by atoms with van der Waals surface area (Å²) in [5.74, 6) is 0.689. The smallest absolute Gasteiger partial charge is 0.260 e. The topological polar surface area (TPSA) is 102 Å². The van der Waals surface area contributed by atoms with Gasteiger partial charge in [0, 0.05) is 11.5 Å². The normalized spacial score (nSPS) is 11.6. The quantitative estimate of drug-likeness (QED) is 0.649. The summed E-state index contributed by atoms with van der Waals surface area (Å²) in [6.45, 7) is 7.39. The van der Waals surface area contributed by atoms with Gasteiger partial charge in [-0.3, -0.25) is 4.79 Å². The summed E-state index contributed by atoms with van der Waals surface area (Å²) in [4.78, 5) is 17.4.